The van der Waals surface area contributed by atoms with Crippen molar-refractivity contribution in [3.8, 4) is 0 Å². The van der Waals surface area contributed by atoms with Crippen LogP contribution in [0.4, 0.5) is 5.82 Å². The fourth-order valence-corrected chi connectivity index (χ4v) is 4.90. The molecule has 1 spiro atoms. The molecular formula is C23H35N5O. The molecule has 4 rings (SSSR count). The first-order valence-corrected chi connectivity index (χ1v) is 11.0. The average molecular weight is 398 g/mol. The van der Waals surface area contributed by atoms with E-state index in [1.54, 1.807) is 0 Å². The van der Waals surface area contributed by atoms with Crippen LogP contribution < -0.4 is 4.90 Å². The van der Waals surface area contributed by atoms with Gasteiger partial charge in [-0.1, -0.05) is 25.9 Å². The molecule has 1 unspecified atom stereocenters. The van der Waals surface area contributed by atoms with Crippen molar-refractivity contribution in [2.75, 3.05) is 31.6 Å². The molecule has 2 aromatic rings. The predicted molar refractivity (Wildman–Crippen MR) is 115 cm³/mol. The first-order chi connectivity index (χ1) is 13.7. The molecule has 0 radical (unpaired) electrons. The Morgan fingerprint density at radius 2 is 2.03 bits per heavy atom. The van der Waals surface area contributed by atoms with Gasteiger partial charge in [-0.15, -0.1) is 0 Å². The second-order valence-corrected chi connectivity index (χ2v) is 9.99. The minimum absolute atomic E-state index is 0.0616. The summed E-state index contributed by atoms with van der Waals surface area (Å²) >= 11 is 0. The van der Waals surface area contributed by atoms with Crippen molar-refractivity contribution in [3.63, 3.8) is 0 Å². The van der Waals surface area contributed by atoms with Crippen molar-refractivity contribution in [1.82, 2.24) is 20.0 Å². The van der Waals surface area contributed by atoms with E-state index in [-0.39, 0.29) is 10.8 Å². The normalized spacial score (nSPS) is 22.3. The number of nitrogens with zero attached hydrogens (tertiary/aromatic N) is 5. The summed E-state index contributed by atoms with van der Waals surface area (Å²) in [6.45, 7) is 14.7. The van der Waals surface area contributed by atoms with Gasteiger partial charge in [0.15, 0.2) is 5.76 Å². The Kier molecular flexibility index (Phi) is 5.18. The number of piperidine rings is 1. The highest BCUT2D eigenvalue weighted by Gasteiger charge is 2.45. The van der Waals surface area contributed by atoms with Crippen LogP contribution >= 0.6 is 0 Å². The van der Waals surface area contributed by atoms with Gasteiger partial charge in [0.2, 0.25) is 0 Å². The van der Waals surface area contributed by atoms with Gasteiger partial charge in [0.1, 0.15) is 11.6 Å². The molecule has 6 nitrogen and oxygen atoms in total. The third-order valence-electron chi connectivity index (χ3n) is 6.56. The molecule has 2 aromatic heterocycles. The van der Waals surface area contributed by atoms with Gasteiger partial charge in [-0.05, 0) is 46.1 Å². The summed E-state index contributed by atoms with van der Waals surface area (Å²) in [6.07, 6.45) is 4.65. The van der Waals surface area contributed by atoms with Crippen LogP contribution in [0, 0.1) is 6.92 Å². The molecule has 0 N–H and O–H groups in total. The van der Waals surface area contributed by atoms with Crippen molar-refractivity contribution in [2.24, 2.45) is 0 Å². The zero-order chi connectivity index (χ0) is 20.8. The average Bonchev–Trinajstić information content (AvgIpc) is 3.24. The SMILES string of the molecule is CCN(C)c1nc(C(C)(C)C)nc2c1CCC21CCCN(Cc2cc(C)no2)C1. The number of aromatic nitrogens is 3. The van der Waals surface area contributed by atoms with Crippen molar-refractivity contribution in [2.45, 2.75) is 77.7 Å². The number of anilines is 1. The van der Waals surface area contributed by atoms with E-state index >= 15 is 0 Å². The number of fused-ring (bicyclic) bond motifs is 2. The number of likely N-dealkylation sites (tertiary alicyclic amines) is 1. The smallest absolute Gasteiger partial charge is 0.150 e. The third kappa shape index (κ3) is 3.79. The summed E-state index contributed by atoms with van der Waals surface area (Å²) in [7, 11) is 2.15. The van der Waals surface area contributed by atoms with E-state index in [9.17, 15) is 0 Å². The van der Waals surface area contributed by atoms with E-state index in [0.717, 1.165) is 55.7 Å². The molecular weight excluding hydrogens is 362 g/mol. The summed E-state index contributed by atoms with van der Waals surface area (Å²) in [5.41, 5.74) is 3.71. The van der Waals surface area contributed by atoms with Crippen molar-refractivity contribution >= 4 is 5.82 Å². The molecule has 1 aliphatic heterocycles. The minimum Gasteiger partial charge on any atom is -0.360 e. The van der Waals surface area contributed by atoms with Gasteiger partial charge in [0, 0.05) is 42.6 Å². The van der Waals surface area contributed by atoms with Gasteiger partial charge in [-0.2, -0.15) is 0 Å². The van der Waals surface area contributed by atoms with Gasteiger partial charge in [0.05, 0.1) is 17.9 Å². The van der Waals surface area contributed by atoms with Crippen LogP contribution in [0.2, 0.25) is 0 Å². The highest BCUT2D eigenvalue weighted by Crippen LogP contribution is 2.47. The van der Waals surface area contributed by atoms with Crippen LogP contribution in [0.25, 0.3) is 0 Å². The maximum Gasteiger partial charge on any atom is 0.150 e. The fraction of sp³-hybridized carbons (Fsp3) is 0.696. The molecule has 1 fully saturated rings. The van der Waals surface area contributed by atoms with Crippen LogP contribution in [-0.2, 0) is 23.8 Å². The van der Waals surface area contributed by atoms with E-state index in [4.69, 9.17) is 14.5 Å². The highest BCUT2D eigenvalue weighted by molar-refractivity contribution is 5.54. The van der Waals surface area contributed by atoms with E-state index in [1.807, 2.05) is 6.92 Å². The van der Waals surface area contributed by atoms with Gasteiger partial charge in [-0.25, -0.2) is 9.97 Å². The maximum absolute atomic E-state index is 5.49. The van der Waals surface area contributed by atoms with Gasteiger partial charge in [-0.3, -0.25) is 4.90 Å². The zero-order valence-electron chi connectivity index (χ0n) is 18.9. The third-order valence-corrected chi connectivity index (χ3v) is 6.56. The van der Waals surface area contributed by atoms with Crippen LogP contribution in [-0.4, -0.2) is 46.7 Å². The number of hydrogen-bond acceptors (Lipinski definition) is 6. The molecule has 158 valence electrons. The topological polar surface area (TPSA) is 58.3 Å². The van der Waals surface area contributed by atoms with Gasteiger partial charge in [0.25, 0.3) is 0 Å². The van der Waals surface area contributed by atoms with Gasteiger partial charge >= 0.3 is 0 Å². The van der Waals surface area contributed by atoms with Crippen molar-refractivity contribution in [1.29, 1.82) is 0 Å². The maximum atomic E-state index is 5.49. The van der Waals surface area contributed by atoms with Crippen molar-refractivity contribution in [3.05, 3.63) is 34.6 Å². The molecule has 1 saturated heterocycles. The lowest BCUT2D eigenvalue weighted by Crippen LogP contribution is -2.45. The number of rotatable bonds is 4. The van der Waals surface area contributed by atoms with Crippen LogP contribution in [0.1, 0.15) is 75.5 Å². The Morgan fingerprint density at radius 3 is 2.69 bits per heavy atom. The second kappa shape index (κ2) is 7.38. The first kappa shape index (κ1) is 20.3. The standard InChI is InChI=1S/C23H35N5O/c1-7-27(6)20-18-9-11-23(19(18)24-21(25-20)22(3,4)5)10-8-12-28(15-23)14-17-13-16(2)26-29-17/h13H,7-12,14-15H2,1-6H3. The summed E-state index contributed by atoms with van der Waals surface area (Å²) in [5.74, 6) is 3.07. The van der Waals surface area contributed by atoms with E-state index in [1.165, 1.54) is 30.5 Å². The molecule has 0 amide bonds. The first-order valence-electron chi connectivity index (χ1n) is 11.0. The zero-order valence-corrected chi connectivity index (χ0v) is 18.9. The lowest BCUT2D eigenvalue weighted by atomic mass is 9.77. The quantitative estimate of drug-likeness (QED) is 0.777. The Balaban J connectivity index is 1.70. The van der Waals surface area contributed by atoms with Crippen LogP contribution in [0.15, 0.2) is 10.6 Å². The number of aryl methyl sites for hydroxylation is 1. The molecule has 3 heterocycles. The lowest BCUT2D eigenvalue weighted by molar-refractivity contribution is 0.125. The molecule has 1 atom stereocenters. The van der Waals surface area contributed by atoms with E-state index in [2.05, 4.69) is 55.8 Å². The van der Waals surface area contributed by atoms with E-state index in [0.29, 0.717) is 0 Å². The summed E-state index contributed by atoms with van der Waals surface area (Å²) in [4.78, 5) is 15.1. The minimum atomic E-state index is -0.0616. The second-order valence-electron chi connectivity index (χ2n) is 9.99. The van der Waals surface area contributed by atoms with Crippen molar-refractivity contribution < 1.29 is 4.52 Å². The molecule has 29 heavy (non-hydrogen) atoms. The highest BCUT2D eigenvalue weighted by atomic mass is 16.5. The molecule has 0 aromatic carbocycles. The van der Waals surface area contributed by atoms with Crippen LogP contribution in [0.5, 0.6) is 0 Å². The Hall–Kier alpha value is -1.95. The summed E-state index contributed by atoms with van der Waals surface area (Å²) in [6, 6.07) is 2.05. The predicted octanol–water partition coefficient (Wildman–Crippen LogP) is 4.01. The van der Waals surface area contributed by atoms with E-state index < -0.39 is 0 Å². The molecule has 0 saturated carbocycles. The molecule has 2 aliphatic rings. The lowest BCUT2D eigenvalue weighted by Gasteiger charge is -2.40. The largest absolute Gasteiger partial charge is 0.360 e. The molecule has 0 bridgehead atoms. The molecule has 6 heteroatoms. The van der Waals surface area contributed by atoms with Crippen LogP contribution in [0.3, 0.4) is 0 Å². The Labute approximate surface area is 174 Å². The Bertz CT molecular complexity index is 884. The number of hydrogen-bond donors (Lipinski definition) is 0. The molecule has 1 aliphatic carbocycles. The Morgan fingerprint density at radius 1 is 1.24 bits per heavy atom. The monoisotopic (exact) mass is 397 g/mol. The fourth-order valence-electron chi connectivity index (χ4n) is 4.90. The summed E-state index contributed by atoms with van der Waals surface area (Å²) < 4.78 is 5.49. The van der Waals surface area contributed by atoms with Gasteiger partial charge < -0.3 is 9.42 Å². The summed E-state index contributed by atoms with van der Waals surface area (Å²) in [5, 5.41) is 4.06.